The Bertz CT molecular complexity index is 41.0. The lowest BCUT2D eigenvalue weighted by atomic mass is 10.7. The molecule has 0 aromatic carbocycles. The van der Waals surface area contributed by atoms with Crippen LogP contribution in [0, 0.1) is 0 Å². The van der Waals surface area contributed by atoms with Gasteiger partial charge in [-0.3, -0.25) is 0 Å². The van der Waals surface area contributed by atoms with Gasteiger partial charge in [0.2, 0.25) is 0 Å². The van der Waals surface area contributed by atoms with Crippen molar-refractivity contribution in [1.82, 2.24) is 0 Å². The van der Waals surface area contributed by atoms with Crippen LogP contribution in [0.3, 0.4) is 0 Å². The van der Waals surface area contributed by atoms with E-state index in [2.05, 4.69) is 0 Å². The molecule has 0 heterocycles. The molecule has 0 aliphatic carbocycles. The predicted octanol–water partition coefficient (Wildman–Crippen LogP) is 0.579. The Kier molecular flexibility index (Phi) is 7.38. The van der Waals surface area contributed by atoms with Crippen LogP contribution < -0.4 is 5.73 Å². The van der Waals surface area contributed by atoms with Crippen LogP contribution in [0.5, 0.6) is 0 Å². The zero-order chi connectivity index (χ0) is 6.24. The van der Waals surface area contributed by atoms with Crippen molar-refractivity contribution in [1.29, 1.82) is 0 Å². The normalized spacial score (nSPS) is 9.75. The molecule has 0 fully saturated rings. The third-order valence-electron chi connectivity index (χ3n) is 0.567. The summed E-state index contributed by atoms with van der Waals surface area (Å²) in [5, 5.41) is 0. The molecule has 0 aromatic rings. The number of nitrogens with two attached hydrogens (primary N) is 1. The minimum atomic E-state index is 0.286. The second-order valence-electron chi connectivity index (χ2n) is 1.21. The van der Waals surface area contributed by atoms with Gasteiger partial charge in [0.15, 0.2) is 0 Å². The first kappa shape index (κ1) is 8.20. The topological polar surface area (TPSA) is 35.2 Å². The molecule has 0 amide bonds. The molecule has 0 saturated carbocycles. The maximum Gasteiger partial charge on any atom is 0.0589 e. The maximum atomic E-state index is 11.2. The van der Waals surface area contributed by atoms with Crippen LogP contribution in [0.25, 0.3) is 0 Å². The Morgan fingerprint density at radius 3 is 2.75 bits per heavy atom. The summed E-state index contributed by atoms with van der Waals surface area (Å²) in [6.07, 6.45) is 0. The number of rotatable bonds is 5. The Morgan fingerprint density at radius 1 is 1.50 bits per heavy atom. The van der Waals surface area contributed by atoms with Crippen molar-refractivity contribution >= 4 is 12.1 Å². The monoisotopic (exact) mass is 139 g/mol. The van der Waals surface area contributed by atoms with E-state index in [0.29, 0.717) is 25.5 Å². The second-order valence-corrected chi connectivity index (χ2v) is 1.84. The van der Waals surface area contributed by atoms with Crippen molar-refractivity contribution < 1.29 is 8.62 Å². The van der Waals surface area contributed by atoms with E-state index in [0.717, 1.165) is 0 Å². The van der Waals surface area contributed by atoms with Gasteiger partial charge in [0.25, 0.3) is 0 Å². The van der Waals surface area contributed by atoms with E-state index in [4.69, 9.17) is 10.5 Å². The van der Waals surface area contributed by atoms with Crippen molar-refractivity contribution in [2.75, 3.05) is 25.5 Å². The summed E-state index contributed by atoms with van der Waals surface area (Å²) in [4.78, 5) is 0. The highest BCUT2D eigenvalue weighted by Gasteiger charge is 1.84. The highest BCUT2D eigenvalue weighted by Crippen LogP contribution is 1.97. The van der Waals surface area contributed by atoms with Crippen molar-refractivity contribution in [3.8, 4) is 0 Å². The third kappa shape index (κ3) is 6.20. The van der Waals surface area contributed by atoms with E-state index < -0.39 is 0 Å². The molecule has 8 heavy (non-hydrogen) atoms. The molecule has 0 unspecified atom stereocenters. The summed E-state index contributed by atoms with van der Waals surface area (Å²) in [5.41, 5.74) is 5.09. The fourth-order valence-corrected chi connectivity index (χ4v) is 0.457. The maximum absolute atomic E-state index is 11.2. The van der Waals surface area contributed by atoms with Crippen LogP contribution in [0.4, 0.5) is 3.89 Å². The van der Waals surface area contributed by atoms with Crippen LogP contribution in [0.2, 0.25) is 0 Å². The molecule has 0 aliphatic heterocycles. The smallest absolute Gasteiger partial charge is 0.0589 e. The molecule has 2 nitrogen and oxygen atoms in total. The van der Waals surface area contributed by atoms with Gasteiger partial charge in [-0.25, -0.2) is 0 Å². The molecular formula is C4H10FNOS. The largest absolute Gasteiger partial charge is 0.379 e. The molecule has 4 heteroatoms. The summed E-state index contributed by atoms with van der Waals surface area (Å²) in [6, 6.07) is 0. The average molecular weight is 139 g/mol. The van der Waals surface area contributed by atoms with Crippen molar-refractivity contribution in [2.24, 2.45) is 5.73 Å². The lowest BCUT2D eigenvalue weighted by molar-refractivity contribution is 0.158. The highest BCUT2D eigenvalue weighted by molar-refractivity contribution is 7.94. The molecular weight excluding hydrogens is 129 g/mol. The molecule has 0 rings (SSSR count). The number of hydrogen-bond acceptors (Lipinski definition) is 3. The fourth-order valence-electron chi connectivity index (χ4n) is 0.276. The van der Waals surface area contributed by atoms with Crippen molar-refractivity contribution in [2.45, 2.75) is 0 Å². The van der Waals surface area contributed by atoms with Gasteiger partial charge in [0.05, 0.1) is 13.2 Å². The van der Waals surface area contributed by atoms with Gasteiger partial charge in [-0.2, -0.15) is 3.89 Å². The van der Waals surface area contributed by atoms with Crippen molar-refractivity contribution in [3.63, 3.8) is 0 Å². The van der Waals surface area contributed by atoms with E-state index in [1.54, 1.807) is 0 Å². The lowest BCUT2D eigenvalue weighted by Gasteiger charge is -1.96. The van der Waals surface area contributed by atoms with E-state index in [-0.39, 0.29) is 12.1 Å². The number of ether oxygens (including phenoxy) is 1. The molecule has 0 atom stereocenters. The zero-order valence-electron chi connectivity index (χ0n) is 4.60. The molecule has 2 N–H and O–H groups in total. The molecule has 50 valence electrons. The van der Waals surface area contributed by atoms with Gasteiger partial charge in [0, 0.05) is 24.4 Å². The molecule has 0 saturated heterocycles. The first-order valence-corrected chi connectivity index (χ1v) is 3.31. The summed E-state index contributed by atoms with van der Waals surface area (Å²) in [6.45, 7) is 1.50. The van der Waals surface area contributed by atoms with Gasteiger partial charge in [-0.15, -0.1) is 0 Å². The first-order valence-electron chi connectivity index (χ1n) is 2.43. The fraction of sp³-hybridized carbons (Fsp3) is 1.00. The Morgan fingerprint density at radius 2 is 2.25 bits per heavy atom. The Balaban J connectivity index is 2.53. The van der Waals surface area contributed by atoms with E-state index in [1.165, 1.54) is 0 Å². The quantitative estimate of drug-likeness (QED) is 0.566. The van der Waals surface area contributed by atoms with E-state index >= 15 is 0 Å². The molecule has 0 radical (unpaired) electrons. The van der Waals surface area contributed by atoms with Crippen LogP contribution in [-0.2, 0) is 4.74 Å². The van der Waals surface area contributed by atoms with Gasteiger partial charge >= 0.3 is 0 Å². The average Bonchev–Trinajstić information content (AvgIpc) is 1.81. The highest BCUT2D eigenvalue weighted by atomic mass is 32.2. The SMILES string of the molecule is NCCOCCSF. The minimum absolute atomic E-state index is 0.286. The van der Waals surface area contributed by atoms with Crippen LogP contribution in [0.1, 0.15) is 0 Å². The van der Waals surface area contributed by atoms with E-state index in [9.17, 15) is 3.89 Å². The van der Waals surface area contributed by atoms with Crippen LogP contribution >= 0.6 is 12.1 Å². The Hall–Kier alpha value is 0.200. The van der Waals surface area contributed by atoms with Crippen molar-refractivity contribution in [3.05, 3.63) is 0 Å². The molecule has 0 aromatic heterocycles. The van der Waals surface area contributed by atoms with E-state index in [1.807, 2.05) is 0 Å². The lowest BCUT2D eigenvalue weighted by Crippen LogP contribution is -2.09. The zero-order valence-corrected chi connectivity index (χ0v) is 5.42. The first-order chi connectivity index (χ1) is 3.91. The minimum Gasteiger partial charge on any atom is -0.379 e. The van der Waals surface area contributed by atoms with Gasteiger partial charge in [-0.1, -0.05) is 0 Å². The molecule has 0 aliphatic rings. The summed E-state index contributed by atoms with van der Waals surface area (Å²) < 4.78 is 16.1. The van der Waals surface area contributed by atoms with Crippen LogP contribution in [-0.4, -0.2) is 25.5 Å². The Labute approximate surface area is 52.9 Å². The van der Waals surface area contributed by atoms with Gasteiger partial charge < -0.3 is 10.5 Å². The summed E-state index contributed by atoms with van der Waals surface area (Å²) in [7, 11) is 0. The molecule has 0 bridgehead atoms. The summed E-state index contributed by atoms with van der Waals surface area (Å²) >= 11 is 0.286. The van der Waals surface area contributed by atoms with Gasteiger partial charge in [0.1, 0.15) is 0 Å². The third-order valence-corrected chi connectivity index (χ3v) is 0.888. The standard InChI is InChI=1S/C4H10FNOS/c5-8-4-3-7-2-1-6/h1-4,6H2. The number of halogens is 1. The predicted molar refractivity (Wildman–Crippen MR) is 33.4 cm³/mol. The van der Waals surface area contributed by atoms with Gasteiger partial charge in [-0.05, 0) is 0 Å². The molecule has 0 spiro atoms. The summed E-state index contributed by atoms with van der Waals surface area (Å²) in [5.74, 6) is 0.403. The number of hydrogen-bond donors (Lipinski definition) is 1. The second kappa shape index (κ2) is 7.20. The van der Waals surface area contributed by atoms with Crippen LogP contribution in [0.15, 0.2) is 0 Å².